The van der Waals surface area contributed by atoms with Crippen LogP contribution in [0.2, 0.25) is 0 Å². The molecule has 0 spiro atoms. The monoisotopic (exact) mass is 403 g/mol. The lowest BCUT2D eigenvalue weighted by molar-refractivity contribution is -0.124. The van der Waals surface area contributed by atoms with E-state index >= 15 is 0 Å². The van der Waals surface area contributed by atoms with Crippen LogP contribution in [0.1, 0.15) is 18.4 Å². The van der Waals surface area contributed by atoms with E-state index in [-0.39, 0.29) is 37.1 Å². The summed E-state index contributed by atoms with van der Waals surface area (Å²) in [5.41, 5.74) is 2.98. The summed E-state index contributed by atoms with van der Waals surface area (Å²) in [7, 11) is 0. The maximum atomic E-state index is 12.6. The van der Waals surface area contributed by atoms with Gasteiger partial charge in [0.25, 0.3) is 0 Å². The van der Waals surface area contributed by atoms with Crippen molar-refractivity contribution in [1.29, 1.82) is 0 Å². The molecule has 2 N–H and O–H groups in total. The van der Waals surface area contributed by atoms with Crippen molar-refractivity contribution in [2.24, 2.45) is 0 Å². The van der Waals surface area contributed by atoms with Gasteiger partial charge < -0.3 is 15.5 Å². The van der Waals surface area contributed by atoms with Crippen molar-refractivity contribution < 1.29 is 14.4 Å². The van der Waals surface area contributed by atoms with E-state index in [1.165, 1.54) is 4.90 Å². The van der Waals surface area contributed by atoms with Crippen molar-refractivity contribution in [2.45, 2.75) is 19.4 Å². The summed E-state index contributed by atoms with van der Waals surface area (Å²) in [6, 6.07) is 16.5. The fourth-order valence-corrected chi connectivity index (χ4v) is 3.31. The van der Waals surface area contributed by atoms with Crippen LogP contribution in [-0.4, -0.2) is 34.0 Å². The highest BCUT2D eigenvalue weighted by atomic mass is 16.2. The first-order chi connectivity index (χ1) is 14.6. The minimum absolute atomic E-state index is 0.0187. The summed E-state index contributed by atoms with van der Waals surface area (Å²) in [5, 5.41) is 9.71. The molecule has 152 valence electrons. The maximum Gasteiger partial charge on any atom is 0.244 e. The maximum absolute atomic E-state index is 12.6. The predicted molar refractivity (Wildman–Crippen MR) is 113 cm³/mol. The van der Waals surface area contributed by atoms with Crippen LogP contribution in [0.3, 0.4) is 0 Å². The van der Waals surface area contributed by atoms with E-state index in [0.29, 0.717) is 23.6 Å². The number of rotatable bonds is 6. The smallest absolute Gasteiger partial charge is 0.244 e. The van der Waals surface area contributed by atoms with Crippen LogP contribution in [-0.2, 0) is 20.9 Å². The average molecular weight is 403 g/mol. The number of carbonyl (C=O) groups excluding carboxylic acids is 3. The second kappa shape index (κ2) is 8.60. The third kappa shape index (κ3) is 4.54. The van der Waals surface area contributed by atoms with Gasteiger partial charge in [0.05, 0.1) is 17.9 Å². The van der Waals surface area contributed by atoms with E-state index in [1.807, 2.05) is 41.2 Å². The Morgan fingerprint density at radius 2 is 1.83 bits per heavy atom. The van der Waals surface area contributed by atoms with Crippen molar-refractivity contribution in [3.63, 3.8) is 0 Å². The Bertz CT molecular complexity index is 1060. The molecule has 1 aliphatic heterocycles. The van der Waals surface area contributed by atoms with Crippen LogP contribution in [0, 0.1) is 0 Å². The lowest BCUT2D eigenvalue weighted by Crippen LogP contribution is -2.42. The molecular formula is C22H21N5O3. The molecule has 0 saturated carbocycles. The van der Waals surface area contributed by atoms with Crippen molar-refractivity contribution in [3.05, 3.63) is 72.6 Å². The summed E-state index contributed by atoms with van der Waals surface area (Å²) in [4.78, 5) is 38.2. The number of carbonyl (C=O) groups is 3. The number of aromatic nitrogens is 2. The largest absolute Gasteiger partial charge is 0.326 e. The molecule has 30 heavy (non-hydrogen) atoms. The van der Waals surface area contributed by atoms with Gasteiger partial charge in [-0.25, -0.2) is 0 Å². The van der Waals surface area contributed by atoms with Crippen molar-refractivity contribution in [3.8, 4) is 0 Å². The van der Waals surface area contributed by atoms with E-state index < -0.39 is 0 Å². The number of fused-ring (bicyclic) bond motifs is 1. The molecule has 0 unspecified atom stereocenters. The van der Waals surface area contributed by atoms with E-state index in [1.54, 1.807) is 30.5 Å². The fraction of sp³-hybridized carbons (Fsp3) is 0.182. The van der Waals surface area contributed by atoms with Crippen LogP contribution in [0.25, 0.3) is 0 Å². The van der Waals surface area contributed by atoms with Gasteiger partial charge in [-0.15, -0.1) is 0 Å². The lowest BCUT2D eigenvalue weighted by atomic mass is 10.1. The first-order valence-corrected chi connectivity index (χ1v) is 9.64. The first kappa shape index (κ1) is 19.4. The average Bonchev–Trinajstić information content (AvgIpc) is 3.26. The Balaban J connectivity index is 1.30. The molecule has 0 fully saturated rings. The Labute approximate surface area is 173 Å². The minimum Gasteiger partial charge on any atom is -0.326 e. The first-order valence-electron chi connectivity index (χ1n) is 9.64. The predicted octanol–water partition coefficient (Wildman–Crippen LogP) is 2.64. The summed E-state index contributed by atoms with van der Waals surface area (Å²) in [6.07, 6.45) is 3.67. The van der Waals surface area contributed by atoms with Gasteiger partial charge in [0.1, 0.15) is 6.54 Å². The zero-order valence-electron chi connectivity index (χ0n) is 16.2. The molecule has 3 aromatic rings. The van der Waals surface area contributed by atoms with Gasteiger partial charge in [-0.05, 0) is 35.9 Å². The highest BCUT2D eigenvalue weighted by Gasteiger charge is 2.26. The summed E-state index contributed by atoms with van der Waals surface area (Å²) in [6.45, 7) is 0.607. The van der Waals surface area contributed by atoms with E-state index in [9.17, 15) is 14.4 Å². The number of hydrogen-bond donors (Lipinski definition) is 2. The lowest BCUT2D eigenvalue weighted by Gasteiger charge is -2.29. The quantitative estimate of drug-likeness (QED) is 0.661. The third-order valence-corrected chi connectivity index (χ3v) is 4.78. The molecule has 0 aliphatic carbocycles. The second-order valence-electron chi connectivity index (χ2n) is 6.99. The Morgan fingerprint density at radius 3 is 2.60 bits per heavy atom. The van der Waals surface area contributed by atoms with Crippen LogP contribution >= 0.6 is 0 Å². The molecule has 0 saturated heterocycles. The van der Waals surface area contributed by atoms with Crippen molar-refractivity contribution in [2.75, 3.05) is 22.1 Å². The molecule has 4 rings (SSSR count). The van der Waals surface area contributed by atoms with Crippen LogP contribution in [0.5, 0.6) is 0 Å². The highest BCUT2D eigenvalue weighted by Crippen LogP contribution is 2.29. The molecule has 8 heteroatoms. The topological polar surface area (TPSA) is 96.3 Å². The summed E-state index contributed by atoms with van der Waals surface area (Å²) < 4.78 is 1.82. The number of hydrogen-bond acceptors (Lipinski definition) is 4. The standard InChI is InChI=1S/C22H21N5O3/c28-20(24-17-8-6-16(7-9-17)14-26-13-3-12-23-26)10-11-22(30)27-15-21(29)25-18-4-1-2-5-19(18)27/h1-9,12-13H,10-11,14-15H2,(H,24,28)(H,25,29). The number of nitrogens with zero attached hydrogens (tertiary/aromatic N) is 3. The van der Waals surface area contributed by atoms with Crippen LogP contribution < -0.4 is 15.5 Å². The van der Waals surface area contributed by atoms with Crippen molar-refractivity contribution in [1.82, 2.24) is 9.78 Å². The minimum atomic E-state index is -0.262. The molecule has 1 aliphatic rings. The number of amides is 3. The Morgan fingerprint density at radius 1 is 1.03 bits per heavy atom. The second-order valence-corrected chi connectivity index (χ2v) is 6.99. The molecule has 2 aromatic carbocycles. The zero-order valence-corrected chi connectivity index (χ0v) is 16.2. The molecule has 1 aromatic heterocycles. The Hall–Kier alpha value is -3.94. The van der Waals surface area contributed by atoms with Gasteiger partial charge in [-0.1, -0.05) is 24.3 Å². The van der Waals surface area contributed by atoms with Crippen LogP contribution in [0.15, 0.2) is 67.0 Å². The highest BCUT2D eigenvalue weighted by molar-refractivity contribution is 6.10. The fourth-order valence-electron chi connectivity index (χ4n) is 3.31. The molecule has 2 heterocycles. The molecule has 0 atom stereocenters. The van der Waals surface area contributed by atoms with Gasteiger partial charge in [0.2, 0.25) is 17.7 Å². The normalized spacial score (nSPS) is 12.8. The molecule has 0 bridgehead atoms. The van der Waals surface area contributed by atoms with E-state index in [0.717, 1.165) is 5.56 Å². The van der Waals surface area contributed by atoms with Crippen LogP contribution in [0.4, 0.5) is 17.1 Å². The summed E-state index contributed by atoms with van der Waals surface area (Å²) in [5.74, 6) is -0.762. The number of benzene rings is 2. The third-order valence-electron chi connectivity index (χ3n) is 4.78. The molecule has 3 amide bonds. The number of nitrogens with one attached hydrogen (secondary N) is 2. The molecular weight excluding hydrogens is 382 g/mol. The van der Waals surface area contributed by atoms with E-state index in [4.69, 9.17) is 0 Å². The van der Waals surface area contributed by atoms with Gasteiger partial charge in [-0.3, -0.25) is 19.1 Å². The Kier molecular flexibility index (Phi) is 5.56. The van der Waals surface area contributed by atoms with Gasteiger partial charge in [0, 0.05) is 30.9 Å². The molecule has 8 nitrogen and oxygen atoms in total. The SMILES string of the molecule is O=C(CCC(=O)N1CC(=O)Nc2ccccc21)Nc1ccc(Cn2cccn2)cc1. The summed E-state index contributed by atoms with van der Waals surface area (Å²) >= 11 is 0. The number of anilines is 3. The zero-order chi connectivity index (χ0) is 20.9. The van der Waals surface area contributed by atoms with Gasteiger partial charge in [0.15, 0.2) is 0 Å². The van der Waals surface area contributed by atoms with Crippen molar-refractivity contribution >= 4 is 34.8 Å². The van der Waals surface area contributed by atoms with Gasteiger partial charge >= 0.3 is 0 Å². The van der Waals surface area contributed by atoms with Gasteiger partial charge in [-0.2, -0.15) is 5.10 Å². The molecule has 0 radical (unpaired) electrons. The number of para-hydroxylation sites is 2. The van der Waals surface area contributed by atoms with E-state index in [2.05, 4.69) is 15.7 Å².